The number of nitrogens with zero attached hydrogens (tertiary/aromatic N) is 1. The van der Waals surface area contributed by atoms with Gasteiger partial charge in [-0.1, -0.05) is 6.58 Å². The van der Waals surface area contributed by atoms with Gasteiger partial charge in [-0.3, -0.25) is 9.59 Å². The molecule has 0 atom stereocenters. The van der Waals surface area contributed by atoms with Crippen LogP contribution in [0, 0.1) is 5.41 Å². The van der Waals surface area contributed by atoms with Crippen molar-refractivity contribution in [3.05, 3.63) is 42.5 Å². The first-order valence-electron chi connectivity index (χ1n) is 4.99. The van der Waals surface area contributed by atoms with Crippen molar-refractivity contribution < 1.29 is 22.8 Å². The Morgan fingerprint density at radius 2 is 1.68 bits per heavy atom. The number of rotatable bonds is 3. The number of hydrogen-bond donors (Lipinski definition) is 1. The molecule has 0 saturated heterocycles. The number of amides is 2. The van der Waals surface area contributed by atoms with Crippen LogP contribution in [0.5, 0.6) is 0 Å². The third kappa shape index (κ3) is 3.27. The van der Waals surface area contributed by atoms with Crippen molar-refractivity contribution in [3.8, 4) is 0 Å². The van der Waals surface area contributed by atoms with Gasteiger partial charge in [-0.25, -0.2) is 4.90 Å². The number of alkyl halides is 3. The zero-order valence-electron chi connectivity index (χ0n) is 9.57. The van der Waals surface area contributed by atoms with Crippen LogP contribution in [-0.2, 0) is 15.8 Å². The first-order chi connectivity index (χ1) is 8.81. The van der Waals surface area contributed by atoms with Crippen LogP contribution in [0.2, 0.25) is 0 Å². The lowest BCUT2D eigenvalue weighted by atomic mass is 10.2. The van der Waals surface area contributed by atoms with Gasteiger partial charge in [0.15, 0.2) is 0 Å². The number of hydrogen-bond acceptors (Lipinski definition) is 3. The van der Waals surface area contributed by atoms with Crippen LogP contribution >= 0.6 is 0 Å². The maximum Gasteiger partial charge on any atom is 0.416 e. The molecule has 0 aliphatic heterocycles. The van der Waals surface area contributed by atoms with E-state index >= 15 is 0 Å². The fraction of sp³-hybridized carbons (Fsp3) is 0.0833. The predicted octanol–water partition coefficient (Wildman–Crippen LogP) is 2.40. The van der Waals surface area contributed by atoms with Crippen molar-refractivity contribution >= 4 is 23.7 Å². The number of nitrogens with one attached hydrogen (secondary N) is 1. The Balaban J connectivity index is 3.18. The molecule has 1 aromatic rings. The van der Waals surface area contributed by atoms with Crippen molar-refractivity contribution in [1.29, 1.82) is 5.41 Å². The Bertz CT molecular complexity index is 501. The fourth-order valence-electron chi connectivity index (χ4n) is 1.32. The van der Waals surface area contributed by atoms with Gasteiger partial charge in [-0.2, -0.15) is 13.2 Å². The van der Waals surface area contributed by atoms with Gasteiger partial charge in [0.1, 0.15) is 0 Å². The topological polar surface area (TPSA) is 61.2 Å². The van der Waals surface area contributed by atoms with E-state index in [1.54, 1.807) is 0 Å². The second kappa shape index (κ2) is 5.47. The Morgan fingerprint density at radius 1 is 1.16 bits per heavy atom. The minimum absolute atomic E-state index is 0.0635. The van der Waals surface area contributed by atoms with Crippen LogP contribution in [0.25, 0.3) is 0 Å². The van der Waals surface area contributed by atoms with Crippen molar-refractivity contribution in [2.75, 3.05) is 4.90 Å². The third-order valence-corrected chi connectivity index (χ3v) is 2.19. The summed E-state index contributed by atoms with van der Waals surface area (Å²) in [6.45, 7) is 3.18. The first kappa shape index (κ1) is 14.6. The van der Waals surface area contributed by atoms with E-state index in [2.05, 4.69) is 6.58 Å². The van der Waals surface area contributed by atoms with E-state index in [9.17, 15) is 22.8 Å². The second-order valence-electron chi connectivity index (χ2n) is 3.40. The van der Waals surface area contributed by atoms with Gasteiger partial charge in [0.25, 0.3) is 11.8 Å². The van der Waals surface area contributed by atoms with Gasteiger partial charge in [0.05, 0.1) is 17.5 Å². The molecular formula is C12H9F3N2O2. The van der Waals surface area contributed by atoms with Gasteiger partial charge < -0.3 is 5.41 Å². The number of carbonyl (C=O) groups is 2. The molecule has 1 rings (SSSR count). The number of anilines is 1. The molecule has 0 aromatic heterocycles. The predicted molar refractivity (Wildman–Crippen MR) is 62.9 cm³/mol. The van der Waals surface area contributed by atoms with Crippen LogP contribution in [0.3, 0.4) is 0 Å². The smallest absolute Gasteiger partial charge is 0.303 e. The third-order valence-electron chi connectivity index (χ3n) is 2.19. The minimum atomic E-state index is -4.50. The summed E-state index contributed by atoms with van der Waals surface area (Å²) in [6, 6.07) is 3.45. The molecule has 0 unspecified atom stereocenters. The summed E-state index contributed by atoms with van der Waals surface area (Å²) in [5, 5.41) is 6.82. The van der Waals surface area contributed by atoms with Crippen molar-refractivity contribution in [1.82, 2.24) is 0 Å². The van der Waals surface area contributed by atoms with Gasteiger partial charge >= 0.3 is 6.18 Å². The zero-order valence-corrected chi connectivity index (χ0v) is 9.57. The number of imide groups is 1. The van der Waals surface area contributed by atoms with Crippen molar-refractivity contribution in [2.45, 2.75) is 6.18 Å². The number of carbonyl (C=O) groups excluding carboxylic acids is 2. The first-order valence-corrected chi connectivity index (χ1v) is 4.99. The van der Waals surface area contributed by atoms with Crippen LogP contribution in [0.4, 0.5) is 18.9 Å². The molecule has 0 fully saturated rings. The molecule has 19 heavy (non-hydrogen) atoms. The Morgan fingerprint density at radius 3 is 2.05 bits per heavy atom. The largest absolute Gasteiger partial charge is 0.416 e. The molecule has 0 aliphatic carbocycles. The Labute approximate surface area is 106 Å². The lowest BCUT2D eigenvalue weighted by molar-refractivity contribution is -0.137. The molecule has 1 N–H and O–H groups in total. The van der Waals surface area contributed by atoms with Crippen LogP contribution in [-0.4, -0.2) is 18.0 Å². The van der Waals surface area contributed by atoms with E-state index in [1.807, 2.05) is 0 Å². The lowest BCUT2D eigenvalue weighted by Crippen LogP contribution is -2.36. The van der Waals surface area contributed by atoms with E-state index < -0.39 is 23.6 Å². The molecule has 1 aromatic carbocycles. The molecule has 0 saturated carbocycles. The van der Waals surface area contributed by atoms with E-state index in [1.165, 1.54) is 0 Å². The molecule has 7 heteroatoms. The highest BCUT2D eigenvalue weighted by molar-refractivity contribution is 6.39. The summed E-state index contributed by atoms with van der Waals surface area (Å²) in [6.07, 6.45) is -3.28. The van der Waals surface area contributed by atoms with E-state index in [0.717, 1.165) is 30.3 Å². The second-order valence-corrected chi connectivity index (χ2v) is 3.40. The summed E-state index contributed by atoms with van der Waals surface area (Å²) >= 11 is 0. The van der Waals surface area contributed by atoms with Crippen molar-refractivity contribution in [3.63, 3.8) is 0 Å². The highest BCUT2D eigenvalue weighted by atomic mass is 19.4. The zero-order chi connectivity index (χ0) is 14.6. The summed E-state index contributed by atoms with van der Waals surface area (Å²) < 4.78 is 37.1. The summed E-state index contributed by atoms with van der Waals surface area (Å²) in [7, 11) is 0. The van der Waals surface area contributed by atoms with E-state index in [-0.39, 0.29) is 5.69 Å². The number of benzene rings is 1. The molecule has 0 spiro atoms. The minimum Gasteiger partial charge on any atom is -0.303 e. The normalized spacial score (nSPS) is 10.7. The van der Waals surface area contributed by atoms with Crippen LogP contribution < -0.4 is 4.90 Å². The Hall–Kier alpha value is -2.44. The number of halogens is 3. The van der Waals surface area contributed by atoms with Gasteiger partial charge in [0.2, 0.25) is 0 Å². The highest BCUT2D eigenvalue weighted by Gasteiger charge is 2.30. The summed E-state index contributed by atoms with van der Waals surface area (Å²) in [5.74, 6) is -1.79. The average Bonchev–Trinajstić information content (AvgIpc) is 2.38. The quantitative estimate of drug-likeness (QED) is 0.677. The average molecular weight is 270 g/mol. The molecule has 0 aliphatic rings. The van der Waals surface area contributed by atoms with Gasteiger partial charge in [0, 0.05) is 0 Å². The fourth-order valence-corrected chi connectivity index (χ4v) is 1.32. The van der Waals surface area contributed by atoms with Crippen molar-refractivity contribution in [2.24, 2.45) is 0 Å². The van der Waals surface area contributed by atoms with Gasteiger partial charge in [-0.15, -0.1) is 0 Å². The maximum atomic E-state index is 12.4. The Kier molecular flexibility index (Phi) is 4.21. The van der Waals surface area contributed by atoms with E-state index in [4.69, 9.17) is 5.41 Å². The summed E-state index contributed by atoms with van der Waals surface area (Å²) in [5.41, 5.74) is -0.962. The molecule has 0 radical (unpaired) electrons. The van der Waals surface area contributed by atoms with E-state index in [0.29, 0.717) is 11.1 Å². The van der Waals surface area contributed by atoms with Crippen LogP contribution in [0.1, 0.15) is 5.56 Å². The molecule has 100 valence electrons. The molecule has 0 bridgehead atoms. The maximum absolute atomic E-state index is 12.4. The summed E-state index contributed by atoms with van der Waals surface area (Å²) in [4.78, 5) is 23.4. The standard InChI is InChI=1S/C12H9F3N2O2/c1-2-10(18)17(11(19)7-16)9-5-3-8(4-6-9)12(13,14)15/h2-7,16H,1H2. The highest BCUT2D eigenvalue weighted by Crippen LogP contribution is 2.30. The van der Waals surface area contributed by atoms with Gasteiger partial charge in [-0.05, 0) is 30.3 Å². The van der Waals surface area contributed by atoms with Crippen LogP contribution in [0.15, 0.2) is 36.9 Å². The molecule has 4 nitrogen and oxygen atoms in total. The molecule has 0 heterocycles. The monoisotopic (exact) mass is 270 g/mol. The molecule has 2 amide bonds. The lowest BCUT2D eigenvalue weighted by Gasteiger charge is -2.17. The SMILES string of the molecule is C=CC(=O)N(C(=O)C=N)c1ccc(C(F)(F)F)cc1. The molecular weight excluding hydrogens is 261 g/mol.